The minimum atomic E-state index is -0.457. The van der Waals surface area contributed by atoms with Gasteiger partial charge in [-0.05, 0) is 34.5 Å². The maximum Gasteiger partial charge on any atom is 3.00 e. The molecule has 0 spiro atoms. The summed E-state index contributed by atoms with van der Waals surface area (Å²) >= 11 is 0. The molecule has 1 radical (unpaired) electrons. The number of hydrogen-bond donors (Lipinski definition) is 0. The van der Waals surface area contributed by atoms with Crippen LogP contribution in [-0.2, 0) is 14.4 Å². The van der Waals surface area contributed by atoms with E-state index in [9.17, 15) is 29.7 Å². The molecule has 0 bridgehead atoms. The van der Waals surface area contributed by atoms with E-state index >= 15 is 0 Å². The maximum absolute atomic E-state index is 11.4. The zero-order valence-corrected chi connectivity index (χ0v) is 30.5. The second kappa shape index (κ2) is 16.5. The van der Waals surface area contributed by atoms with Crippen LogP contribution >= 0.6 is 0 Å². The Kier molecular flexibility index (Phi) is 18.9. The molecule has 0 N–H and O–H groups in total. The molecule has 0 unspecified atom stereocenters. The van der Waals surface area contributed by atoms with Crippen LogP contribution in [-0.4, -0.2) is 17.3 Å². The SMILES string of the molecule is CC(C)(C)C(=O)C=C([O-])C(C)(C)C.CC(C)(C)C(=O)C=C([O-])C(C)(C)C.CC(C)(C)C(=O)C=C([O-])C(C)(C)C.[Dy+3]. The monoisotopic (exact) mass is 713 g/mol. The fourth-order valence-electron chi connectivity index (χ4n) is 1.66. The largest absolute Gasteiger partial charge is 3.00 e. The molecule has 0 aliphatic heterocycles. The molecule has 0 atom stereocenters. The molecular weight excluding hydrogens is 655 g/mol. The number of hydrogen-bond acceptors (Lipinski definition) is 6. The van der Waals surface area contributed by atoms with E-state index in [1.165, 1.54) is 18.2 Å². The average molecular weight is 712 g/mol. The average Bonchev–Trinajstić information content (AvgIpc) is 2.64. The third-order valence-corrected chi connectivity index (χ3v) is 5.22. The molecule has 0 rings (SSSR count). The van der Waals surface area contributed by atoms with Crippen molar-refractivity contribution in [3.05, 3.63) is 35.5 Å². The first-order valence-electron chi connectivity index (χ1n) is 13.5. The van der Waals surface area contributed by atoms with Gasteiger partial charge in [-0.1, -0.05) is 125 Å². The van der Waals surface area contributed by atoms with Crippen LogP contribution in [0.15, 0.2) is 35.5 Å². The smallest absolute Gasteiger partial charge is 0.875 e. The van der Waals surface area contributed by atoms with Gasteiger partial charge in [0.15, 0.2) is 17.3 Å². The quantitative estimate of drug-likeness (QED) is 0.275. The standard InChI is InChI=1S/3C11H20O2.Dy/c3*1-10(2,3)8(12)7-9(13)11(4,5)6;/h3*7,12H,1-6H3;/q;;;+3/p-3. The number of carbonyl (C=O) groups is 3. The normalized spacial score (nSPS) is 14.1. The molecular formula is C33H57DyO6. The first kappa shape index (κ1) is 45.9. The van der Waals surface area contributed by atoms with Gasteiger partial charge in [-0.15, -0.1) is 17.3 Å². The molecule has 0 fully saturated rings. The summed E-state index contributed by atoms with van der Waals surface area (Å²) in [6, 6.07) is 0. The van der Waals surface area contributed by atoms with Crippen molar-refractivity contribution in [2.75, 3.05) is 0 Å². The van der Waals surface area contributed by atoms with Crippen molar-refractivity contribution in [1.82, 2.24) is 0 Å². The van der Waals surface area contributed by atoms with E-state index in [0.29, 0.717) is 0 Å². The molecule has 0 aliphatic rings. The van der Waals surface area contributed by atoms with Crippen LogP contribution in [0.25, 0.3) is 0 Å². The first-order valence-corrected chi connectivity index (χ1v) is 13.5. The molecule has 0 aromatic carbocycles. The van der Waals surface area contributed by atoms with Crippen molar-refractivity contribution in [2.45, 2.75) is 125 Å². The number of ketones is 3. The summed E-state index contributed by atoms with van der Waals surface area (Å²) in [7, 11) is 0. The Bertz CT molecular complexity index is 801. The molecule has 0 aromatic rings. The maximum atomic E-state index is 11.4. The molecule has 235 valence electrons. The third-order valence-electron chi connectivity index (χ3n) is 5.22. The van der Waals surface area contributed by atoms with Gasteiger partial charge in [-0.3, -0.25) is 14.4 Å². The van der Waals surface area contributed by atoms with Crippen molar-refractivity contribution in [3.8, 4) is 0 Å². The Morgan fingerprint density at radius 2 is 0.475 bits per heavy atom. The van der Waals surface area contributed by atoms with E-state index in [4.69, 9.17) is 0 Å². The summed E-state index contributed by atoms with van der Waals surface area (Å²) in [5, 5.41) is 34.3. The van der Waals surface area contributed by atoms with Gasteiger partial charge in [0.2, 0.25) is 0 Å². The summed E-state index contributed by atoms with van der Waals surface area (Å²) in [6.45, 7) is 32.5. The zero-order valence-electron chi connectivity index (χ0n) is 28.5. The Morgan fingerprint density at radius 3 is 0.550 bits per heavy atom. The molecule has 0 amide bonds. The predicted molar refractivity (Wildman–Crippen MR) is 156 cm³/mol. The first-order chi connectivity index (χ1) is 16.6. The Hall–Kier alpha value is -1.10. The molecule has 0 saturated heterocycles. The molecule has 0 heterocycles. The van der Waals surface area contributed by atoms with Crippen LogP contribution in [0.5, 0.6) is 0 Å². The summed E-state index contributed by atoms with van der Waals surface area (Å²) < 4.78 is 0. The van der Waals surface area contributed by atoms with Crippen LogP contribution < -0.4 is 15.3 Å². The van der Waals surface area contributed by atoms with Gasteiger partial charge in [0.05, 0.1) is 0 Å². The summed E-state index contributed by atoms with van der Waals surface area (Å²) in [6.07, 6.45) is 3.67. The molecule has 0 saturated carbocycles. The fourth-order valence-corrected chi connectivity index (χ4v) is 1.66. The van der Waals surface area contributed by atoms with E-state index in [-0.39, 0.29) is 72.8 Å². The summed E-state index contributed by atoms with van der Waals surface area (Å²) in [5.41, 5.74) is -2.74. The van der Waals surface area contributed by atoms with Gasteiger partial charge in [-0.2, -0.15) is 0 Å². The Labute approximate surface area is 276 Å². The van der Waals surface area contributed by atoms with Gasteiger partial charge < -0.3 is 15.3 Å². The third kappa shape index (κ3) is 21.6. The van der Waals surface area contributed by atoms with Crippen LogP contribution in [0.1, 0.15) is 125 Å². The molecule has 0 aliphatic carbocycles. The van der Waals surface area contributed by atoms with E-state index in [0.717, 1.165) is 0 Å². The summed E-state index contributed by atoms with van der Waals surface area (Å²) in [5.74, 6) is -0.625. The van der Waals surface area contributed by atoms with Gasteiger partial charge >= 0.3 is 38.2 Å². The van der Waals surface area contributed by atoms with E-state index in [2.05, 4.69) is 0 Å². The Balaban J connectivity index is -0.000000240. The van der Waals surface area contributed by atoms with Gasteiger partial charge in [-0.25, -0.2) is 0 Å². The van der Waals surface area contributed by atoms with E-state index in [1.54, 1.807) is 0 Å². The molecule has 7 heteroatoms. The van der Waals surface area contributed by atoms with Crippen LogP contribution in [0, 0.1) is 70.7 Å². The number of carbonyl (C=O) groups excluding carboxylic acids is 3. The van der Waals surface area contributed by atoms with Crippen molar-refractivity contribution < 1.29 is 67.9 Å². The minimum Gasteiger partial charge on any atom is -0.875 e. The zero-order chi connectivity index (χ0) is 32.6. The van der Waals surface area contributed by atoms with Crippen molar-refractivity contribution in [3.63, 3.8) is 0 Å². The van der Waals surface area contributed by atoms with Gasteiger partial charge in [0.25, 0.3) is 0 Å². The van der Waals surface area contributed by atoms with E-state index in [1.807, 2.05) is 125 Å². The molecule has 6 nitrogen and oxygen atoms in total. The topological polar surface area (TPSA) is 120 Å². The molecule has 40 heavy (non-hydrogen) atoms. The van der Waals surface area contributed by atoms with Crippen molar-refractivity contribution in [1.29, 1.82) is 0 Å². The van der Waals surface area contributed by atoms with Crippen molar-refractivity contribution in [2.24, 2.45) is 32.5 Å². The fraction of sp³-hybridized carbons (Fsp3) is 0.727. The van der Waals surface area contributed by atoms with Crippen molar-refractivity contribution >= 4 is 17.3 Å². The Morgan fingerprint density at radius 1 is 0.350 bits per heavy atom. The second-order valence-corrected chi connectivity index (χ2v) is 16.1. The molecule has 0 aromatic heterocycles. The van der Waals surface area contributed by atoms with Crippen LogP contribution in [0.3, 0.4) is 0 Å². The number of rotatable bonds is 3. The predicted octanol–water partition coefficient (Wildman–Crippen LogP) is 5.68. The van der Waals surface area contributed by atoms with Gasteiger partial charge in [0.1, 0.15) is 0 Å². The minimum absolute atomic E-state index is 0. The number of allylic oxidation sites excluding steroid dienone is 6. The van der Waals surface area contributed by atoms with E-state index < -0.39 is 32.5 Å². The second-order valence-electron chi connectivity index (χ2n) is 16.1. The summed E-state index contributed by atoms with van der Waals surface area (Å²) in [4.78, 5) is 34.3. The van der Waals surface area contributed by atoms with Crippen LogP contribution in [0.2, 0.25) is 0 Å². The van der Waals surface area contributed by atoms with Gasteiger partial charge in [0, 0.05) is 16.2 Å². The van der Waals surface area contributed by atoms with Crippen LogP contribution in [0.4, 0.5) is 0 Å².